The van der Waals surface area contributed by atoms with E-state index in [1.54, 1.807) is 0 Å². The highest BCUT2D eigenvalue weighted by Gasteiger charge is 2.39. The van der Waals surface area contributed by atoms with Gasteiger partial charge in [-0.2, -0.15) is 0 Å². The number of benzene rings is 2. The molecule has 2 unspecified atom stereocenters. The number of halogens is 1. The van der Waals surface area contributed by atoms with Crippen molar-refractivity contribution in [2.24, 2.45) is 11.3 Å². The van der Waals surface area contributed by atoms with Crippen molar-refractivity contribution >= 4 is 11.6 Å². The van der Waals surface area contributed by atoms with Gasteiger partial charge in [-0.15, -0.1) is 0 Å². The molecule has 0 saturated carbocycles. The van der Waals surface area contributed by atoms with Crippen LogP contribution in [0.25, 0.3) is 0 Å². The lowest BCUT2D eigenvalue weighted by atomic mass is 9.82. The topological polar surface area (TPSA) is 18.5 Å². The van der Waals surface area contributed by atoms with Gasteiger partial charge in [0, 0.05) is 36.4 Å². The second-order valence-electron chi connectivity index (χ2n) is 11.4. The molecule has 0 aromatic heterocycles. The number of piperazine rings is 1. The molecule has 1 N–H and O–H groups in total. The smallest absolute Gasteiger partial charge is 0.0603 e. The Balaban J connectivity index is 1.59. The molecule has 0 amide bonds. The SMILES string of the molecule is C=C(CC1CCNCC1)N1CCN(C(c2ccc(C)cc2)c2ccc(Cl)cc2)CC1C(C)(C)C. The zero-order valence-electron chi connectivity index (χ0n) is 21.5. The van der Waals surface area contributed by atoms with Crippen LogP contribution >= 0.6 is 11.6 Å². The molecule has 2 aromatic carbocycles. The van der Waals surface area contributed by atoms with Crippen LogP contribution in [0.1, 0.15) is 62.8 Å². The van der Waals surface area contributed by atoms with Gasteiger partial charge in [0.15, 0.2) is 0 Å². The predicted octanol–water partition coefficient (Wildman–Crippen LogP) is 6.67. The Morgan fingerprint density at radius 2 is 1.59 bits per heavy atom. The quantitative estimate of drug-likeness (QED) is 0.498. The van der Waals surface area contributed by atoms with E-state index in [9.17, 15) is 0 Å². The summed E-state index contributed by atoms with van der Waals surface area (Å²) in [6.45, 7) is 19.3. The van der Waals surface area contributed by atoms with E-state index in [1.807, 2.05) is 12.1 Å². The number of aryl methyl sites for hydroxylation is 1. The molecule has 0 spiro atoms. The van der Waals surface area contributed by atoms with Crippen molar-refractivity contribution in [3.63, 3.8) is 0 Å². The van der Waals surface area contributed by atoms with Gasteiger partial charge in [-0.25, -0.2) is 0 Å². The third-order valence-electron chi connectivity index (χ3n) is 7.74. The molecule has 2 aliphatic rings. The lowest BCUT2D eigenvalue weighted by Gasteiger charge is -2.51. The summed E-state index contributed by atoms with van der Waals surface area (Å²) >= 11 is 6.25. The van der Waals surface area contributed by atoms with Crippen molar-refractivity contribution < 1.29 is 0 Å². The van der Waals surface area contributed by atoms with Crippen molar-refractivity contribution in [2.45, 2.75) is 59.0 Å². The van der Waals surface area contributed by atoms with Gasteiger partial charge in [0.2, 0.25) is 0 Å². The lowest BCUT2D eigenvalue weighted by molar-refractivity contribution is 0.0217. The van der Waals surface area contributed by atoms with Crippen LogP contribution in [0.2, 0.25) is 5.02 Å². The van der Waals surface area contributed by atoms with Crippen LogP contribution in [0, 0.1) is 18.3 Å². The highest BCUT2D eigenvalue weighted by atomic mass is 35.5. The number of hydrogen-bond acceptors (Lipinski definition) is 3. The zero-order valence-corrected chi connectivity index (χ0v) is 22.2. The maximum absolute atomic E-state index is 6.25. The summed E-state index contributed by atoms with van der Waals surface area (Å²) in [5, 5.41) is 4.29. The summed E-state index contributed by atoms with van der Waals surface area (Å²) in [4.78, 5) is 5.32. The van der Waals surface area contributed by atoms with Crippen LogP contribution in [-0.2, 0) is 0 Å². The molecule has 0 aliphatic carbocycles. The Bertz CT molecular complexity index is 893. The molecule has 4 rings (SSSR count). The predicted molar refractivity (Wildman–Crippen MR) is 145 cm³/mol. The van der Waals surface area contributed by atoms with E-state index >= 15 is 0 Å². The van der Waals surface area contributed by atoms with Gasteiger partial charge in [-0.3, -0.25) is 4.90 Å². The van der Waals surface area contributed by atoms with E-state index in [0.29, 0.717) is 6.04 Å². The first-order valence-electron chi connectivity index (χ1n) is 12.9. The molecule has 2 aromatic rings. The Kier molecular flexibility index (Phi) is 8.07. The monoisotopic (exact) mass is 479 g/mol. The molecule has 2 atom stereocenters. The molecule has 2 saturated heterocycles. The van der Waals surface area contributed by atoms with Gasteiger partial charge in [0.05, 0.1) is 6.04 Å². The van der Waals surface area contributed by atoms with E-state index in [-0.39, 0.29) is 11.5 Å². The lowest BCUT2D eigenvalue weighted by Crippen LogP contribution is -2.58. The minimum absolute atomic E-state index is 0.160. The maximum atomic E-state index is 6.25. The molecule has 2 heterocycles. The average Bonchev–Trinajstić information content (AvgIpc) is 2.82. The summed E-state index contributed by atoms with van der Waals surface area (Å²) < 4.78 is 0. The van der Waals surface area contributed by atoms with Gasteiger partial charge >= 0.3 is 0 Å². The Labute approximate surface area is 212 Å². The van der Waals surface area contributed by atoms with Crippen LogP contribution in [-0.4, -0.2) is 48.6 Å². The van der Waals surface area contributed by atoms with E-state index < -0.39 is 0 Å². The second-order valence-corrected chi connectivity index (χ2v) is 11.8. The van der Waals surface area contributed by atoms with Crippen molar-refractivity contribution in [3.8, 4) is 0 Å². The van der Waals surface area contributed by atoms with Gasteiger partial charge in [0.25, 0.3) is 0 Å². The van der Waals surface area contributed by atoms with Crippen LogP contribution in [0.3, 0.4) is 0 Å². The standard InChI is InChI=1S/C30H42ClN3/c1-22-6-8-25(9-7-22)29(26-10-12-27(31)13-11-26)33-18-19-34(28(21-33)30(3,4)5)23(2)20-24-14-16-32-17-15-24/h6-13,24,28-29,32H,2,14-21H2,1,3-5H3. The molecule has 0 bridgehead atoms. The van der Waals surface area contributed by atoms with Gasteiger partial charge in [-0.1, -0.05) is 80.9 Å². The number of hydrogen-bond donors (Lipinski definition) is 1. The van der Waals surface area contributed by atoms with Crippen molar-refractivity contribution in [2.75, 3.05) is 32.7 Å². The molecular formula is C30H42ClN3. The largest absolute Gasteiger partial charge is 0.369 e. The minimum atomic E-state index is 0.160. The van der Waals surface area contributed by atoms with Crippen LogP contribution < -0.4 is 5.32 Å². The minimum Gasteiger partial charge on any atom is -0.369 e. The van der Waals surface area contributed by atoms with E-state index in [2.05, 4.69) is 85.8 Å². The van der Waals surface area contributed by atoms with Crippen LogP contribution in [0.15, 0.2) is 60.8 Å². The average molecular weight is 480 g/mol. The third kappa shape index (κ3) is 6.05. The summed E-state index contributed by atoms with van der Waals surface area (Å²) in [5.41, 5.74) is 5.45. The number of nitrogens with one attached hydrogen (secondary N) is 1. The Morgan fingerprint density at radius 3 is 2.18 bits per heavy atom. The first-order valence-corrected chi connectivity index (χ1v) is 13.3. The Morgan fingerprint density at radius 1 is 1.00 bits per heavy atom. The molecule has 3 nitrogen and oxygen atoms in total. The fourth-order valence-electron chi connectivity index (χ4n) is 5.70. The summed E-state index contributed by atoms with van der Waals surface area (Å²) in [6.07, 6.45) is 3.67. The first-order chi connectivity index (χ1) is 16.2. The van der Waals surface area contributed by atoms with Crippen LogP contribution in [0.4, 0.5) is 0 Å². The fraction of sp³-hybridized carbons (Fsp3) is 0.533. The summed E-state index contributed by atoms with van der Waals surface area (Å²) in [7, 11) is 0. The van der Waals surface area contributed by atoms with E-state index in [0.717, 1.165) is 50.1 Å². The highest BCUT2D eigenvalue weighted by molar-refractivity contribution is 6.30. The normalized spacial score (nSPS) is 21.4. The van der Waals surface area contributed by atoms with Crippen molar-refractivity contribution in [1.29, 1.82) is 0 Å². The first kappa shape index (κ1) is 25.3. The van der Waals surface area contributed by atoms with Crippen molar-refractivity contribution in [1.82, 2.24) is 15.1 Å². The van der Waals surface area contributed by atoms with Gasteiger partial charge < -0.3 is 10.2 Å². The van der Waals surface area contributed by atoms with Crippen LogP contribution in [0.5, 0.6) is 0 Å². The maximum Gasteiger partial charge on any atom is 0.0603 e. The van der Waals surface area contributed by atoms with E-state index in [4.69, 9.17) is 11.6 Å². The third-order valence-corrected chi connectivity index (χ3v) is 8.00. The van der Waals surface area contributed by atoms with Gasteiger partial charge in [0.1, 0.15) is 0 Å². The molecule has 2 aliphatic heterocycles. The van der Waals surface area contributed by atoms with Crippen molar-refractivity contribution in [3.05, 3.63) is 82.5 Å². The number of nitrogens with zero attached hydrogens (tertiary/aromatic N) is 2. The Hall–Kier alpha value is -1.81. The molecule has 34 heavy (non-hydrogen) atoms. The molecule has 0 radical (unpaired) electrons. The summed E-state index contributed by atoms with van der Waals surface area (Å²) in [5.74, 6) is 0.766. The molecule has 4 heteroatoms. The molecule has 184 valence electrons. The molecule has 2 fully saturated rings. The number of allylic oxidation sites excluding steroid dienone is 1. The van der Waals surface area contributed by atoms with E-state index in [1.165, 1.54) is 35.2 Å². The molecular weight excluding hydrogens is 438 g/mol. The number of piperidine rings is 1. The fourth-order valence-corrected chi connectivity index (χ4v) is 5.83. The number of rotatable bonds is 6. The second kappa shape index (κ2) is 10.8. The highest BCUT2D eigenvalue weighted by Crippen LogP contribution is 2.37. The summed E-state index contributed by atoms with van der Waals surface area (Å²) in [6, 6.07) is 18.1. The van der Waals surface area contributed by atoms with Gasteiger partial charge in [-0.05, 0) is 73.9 Å². The zero-order chi connectivity index (χ0) is 24.3.